The van der Waals surface area contributed by atoms with E-state index in [1.807, 2.05) is 25.1 Å². The maximum atomic E-state index is 12.6. The van der Waals surface area contributed by atoms with Gasteiger partial charge in [-0.2, -0.15) is 0 Å². The number of allylic oxidation sites excluding steroid dienone is 2. The van der Waals surface area contributed by atoms with Crippen molar-refractivity contribution in [3.63, 3.8) is 0 Å². The summed E-state index contributed by atoms with van der Waals surface area (Å²) >= 11 is 0. The number of hydrogen-bond donors (Lipinski definition) is 0. The molecular formula is C26H30O6. The molecular weight excluding hydrogens is 408 g/mol. The molecule has 0 aromatic heterocycles. The molecule has 1 aliphatic carbocycles. The van der Waals surface area contributed by atoms with Gasteiger partial charge in [0.1, 0.15) is 6.10 Å². The van der Waals surface area contributed by atoms with Crippen molar-refractivity contribution in [1.82, 2.24) is 0 Å². The number of carbonyl (C=O) groups excluding carboxylic acids is 2. The quantitative estimate of drug-likeness (QED) is 0.376. The minimum absolute atomic E-state index is 0.133. The zero-order chi connectivity index (χ0) is 22.3. The molecule has 0 amide bonds. The Morgan fingerprint density at radius 3 is 2.88 bits per heavy atom. The summed E-state index contributed by atoms with van der Waals surface area (Å²) in [6.45, 7) is 2.11. The second-order valence-electron chi connectivity index (χ2n) is 8.57. The zero-order valence-corrected chi connectivity index (χ0v) is 18.4. The molecule has 170 valence electrons. The van der Waals surface area contributed by atoms with Crippen LogP contribution in [0.4, 0.5) is 0 Å². The molecule has 4 rings (SSSR count). The van der Waals surface area contributed by atoms with E-state index in [4.69, 9.17) is 18.9 Å². The molecule has 1 fully saturated rings. The fraction of sp³-hybridized carbons (Fsp3) is 0.462. The van der Waals surface area contributed by atoms with Crippen LogP contribution in [0, 0.1) is 11.8 Å². The molecule has 1 saturated carbocycles. The van der Waals surface area contributed by atoms with E-state index in [0.29, 0.717) is 17.4 Å². The van der Waals surface area contributed by atoms with Crippen LogP contribution < -0.4 is 9.47 Å². The van der Waals surface area contributed by atoms with Crippen LogP contribution in [0.5, 0.6) is 11.5 Å². The van der Waals surface area contributed by atoms with Crippen molar-refractivity contribution >= 4 is 18.0 Å². The van der Waals surface area contributed by atoms with Crippen molar-refractivity contribution in [2.24, 2.45) is 11.8 Å². The number of rotatable bonds is 3. The van der Waals surface area contributed by atoms with E-state index in [2.05, 4.69) is 12.2 Å². The van der Waals surface area contributed by atoms with Gasteiger partial charge in [-0.3, -0.25) is 0 Å². The summed E-state index contributed by atoms with van der Waals surface area (Å²) in [6, 6.07) is 5.48. The molecule has 1 aromatic rings. The number of carbonyl (C=O) groups is 2. The predicted octanol–water partition coefficient (Wildman–Crippen LogP) is 4.98. The molecule has 0 radical (unpaired) electrons. The van der Waals surface area contributed by atoms with Crippen molar-refractivity contribution < 1.29 is 28.5 Å². The van der Waals surface area contributed by atoms with Crippen molar-refractivity contribution in [3.8, 4) is 11.5 Å². The number of ether oxygens (including phenoxy) is 4. The first-order valence-electron chi connectivity index (χ1n) is 11.4. The summed E-state index contributed by atoms with van der Waals surface area (Å²) in [4.78, 5) is 24.9. The topological polar surface area (TPSA) is 71.1 Å². The predicted molar refractivity (Wildman–Crippen MR) is 120 cm³/mol. The molecule has 6 nitrogen and oxygen atoms in total. The highest BCUT2D eigenvalue weighted by Crippen LogP contribution is 2.37. The average Bonchev–Trinajstić information content (AvgIpc) is 3.43. The van der Waals surface area contributed by atoms with E-state index in [0.717, 1.165) is 44.1 Å². The largest absolute Gasteiger partial charge is 0.460 e. The van der Waals surface area contributed by atoms with E-state index >= 15 is 0 Å². The minimum Gasteiger partial charge on any atom is -0.460 e. The molecule has 0 N–H and O–H groups in total. The Hall–Kier alpha value is -3.02. The summed E-state index contributed by atoms with van der Waals surface area (Å²) in [5.74, 6) is 1.00. The lowest BCUT2D eigenvalue weighted by Gasteiger charge is -2.24. The molecule has 0 bridgehead atoms. The van der Waals surface area contributed by atoms with E-state index < -0.39 is 18.0 Å². The first-order chi connectivity index (χ1) is 15.6. The van der Waals surface area contributed by atoms with Gasteiger partial charge in [0.2, 0.25) is 6.79 Å². The molecule has 1 aromatic carbocycles. The first kappa shape index (κ1) is 22.2. The lowest BCUT2D eigenvalue weighted by Crippen LogP contribution is -2.27. The lowest BCUT2D eigenvalue weighted by molar-refractivity contribution is -0.145. The van der Waals surface area contributed by atoms with E-state index in [-0.39, 0.29) is 18.8 Å². The highest BCUT2D eigenvalue weighted by molar-refractivity contribution is 5.87. The van der Waals surface area contributed by atoms with Crippen LogP contribution in [0.3, 0.4) is 0 Å². The van der Waals surface area contributed by atoms with Gasteiger partial charge in [-0.15, -0.1) is 0 Å². The van der Waals surface area contributed by atoms with Crippen LogP contribution in [-0.2, 0) is 19.1 Å². The molecule has 1 unspecified atom stereocenters. The van der Waals surface area contributed by atoms with E-state index in [1.165, 1.54) is 12.2 Å². The Morgan fingerprint density at radius 2 is 1.97 bits per heavy atom. The second-order valence-corrected chi connectivity index (χ2v) is 8.57. The summed E-state index contributed by atoms with van der Waals surface area (Å²) in [6.07, 6.45) is 15.9. The van der Waals surface area contributed by atoms with Gasteiger partial charge in [0.05, 0.1) is 6.10 Å². The van der Waals surface area contributed by atoms with Crippen LogP contribution in [-0.4, -0.2) is 30.9 Å². The number of esters is 2. The van der Waals surface area contributed by atoms with Gasteiger partial charge < -0.3 is 18.9 Å². The van der Waals surface area contributed by atoms with Crippen molar-refractivity contribution in [1.29, 1.82) is 0 Å². The van der Waals surface area contributed by atoms with Crippen LogP contribution >= 0.6 is 0 Å². The van der Waals surface area contributed by atoms with Crippen LogP contribution in [0.2, 0.25) is 0 Å². The van der Waals surface area contributed by atoms with Gasteiger partial charge in [0, 0.05) is 18.1 Å². The fourth-order valence-electron chi connectivity index (χ4n) is 4.55. The number of cyclic esters (lactones) is 1. The SMILES string of the molecule is C[C@H]1CCC/C=C/[C@@H]2CCC[C@H]2C(OC(=O)/C=C/c2ccc3c(c2)OCO3)/C=C/C(=O)O1. The second kappa shape index (κ2) is 10.5. The number of hydrogen-bond acceptors (Lipinski definition) is 6. The molecule has 2 aliphatic heterocycles. The third kappa shape index (κ3) is 5.81. The lowest BCUT2D eigenvalue weighted by atomic mass is 9.89. The Kier molecular flexibility index (Phi) is 7.30. The van der Waals surface area contributed by atoms with Gasteiger partial charge in [-0.05, 0) is 74.8 Å². The summed E-state index contributed by atoms with van der Waals surface area (Å²) in [7, 11) is 0. The fourth-order valence-corrected chi connectivity index (χ4v) is 4.55. The smallest absolute Gasteiger partial charge is 0.331 e. The van der Waals surface area contributed by atoms with Gasteiger partial charge >= 0.3 is 11.9 Å². The Labute approximate surface area is 188 Å². The third-order valence-electron chi connectivity index (χ3n) is 6.21. The summed E-state index contributed by atoms with van der Waals surface area (Å²) < 4.78 is 22.0. The standard InChI is InChI=1S/C26H30O6/c1-18-6-3-2-4-7-20-8-5-9-21(20)22(13-15-25(27)31-18)32-26(28)14-11-19-10-12-23-24(16-19)30-17-29-23/h4,7,10-16,18,20-22H,2-3,5-6,8-9,17H2,1H3/b7-4+,14-11+,15-13+/t18-,20+,21+,22?/m0/s1. The third-order valence-corrected chi connectivity index (χ3v) is 6.21. The maximum absolute atomic E-state index is 12.6. The van der Waals surface area contributed by atoms with E-state index in [9.17, 15) is 9.59 Å². The van der Waals surface area contributed by atoms with Gasteiger partial charge in [0.15, 0.2) is 11.5 Å². The first-order valence-corrected chi connectivity index (χ1v) is 11.4. The molecule has 32 heavy (non-hydrogen) atoms. The highest BCUT2D eigenvalue weighted by atomic mass is 16.7. The Morgan fingerprint density at radius 1 is 1.09 bits per heavy atom. The number of fused-ring (bicyclic) bond motifs is 2. The normalized spacial score (nSPS) is 29.8. The zero-order valence-electron chi connectivity index (χ0n) is 18.4. The molecule has 0 saturated heterocycles. The minimum atomic E-state index is -0.482. The molecule has 2 heterocycles. The maximum Gasteiger partial charge on any atom is 0.331 e. The monoisotopic (exact) mass is 438 g/mol. The summed E-state index contributed by atoms with van der Waals surface area (Å²) in [5, 5.41) is 0. The molecule has 6 heteroatoms. The average molecular weight is 439 g/mol. The Balaban J connectivity index is 1.47. The molecule has 3 aliphatic rings. The number of benzene rings is 1. The van der Waals surface area contributed by atoms with Crippen molar-refractivity contribution in [3.05, 3.63) is 54.1 Å². The molecule has 0 spiro atoms. The van der Waals surface area contributed by atoms with Crippen LogP contribution in [0.15, 0.2) is 48.6 Å². The summed E-state index contributed by atoms with van der Waals surface area (Å²) in [5.41, 5.74) is 0.816. The van der Waals surface area contributed by atoms with Crippen LogP contribution in [0.25, 0.3) is 6.08 Å². The molecule has 4 atom stereocenters. The van der Waals surface area contributed by atoms with Crippen LogP contribution in [0.1, 0.15) is 51.0 Å². The van der Waals surface area contributed by atoms with Gasteiger partial charge in [0.25, 0.3) is 0 Å². The van der Waals surface area contributed by atoms with Gasteiger partial charge in [-0.25, -0.2) is 9.59 Å². The van der Waals surface area contributed by atoms with Gasteiger partial charge in [-0.1, -0.05) is 24.6 Å². The van der Waals surface area contributed by atoms with Crippen molar-refractivity contribution in [2.45, 2.75) is 57.7 Å². The highest BCUT2D eigenvalue weighted by Gasteiger charge is 2.33. The van der Waals surface area contributed by atoms with E-state index in [1.54, 1.807) is 12.2 Å². The van der Waals surface area contributed by atoms with Crippen molar-refractivity contribution in [2.75, 3.05) is 6.79 Å². The Bertz CT molecular complexity index is 915.